The van der Waals surface area contributed by atoms with Crippen LogP contribution in [0.15, 0.2) is 47.4 Å². The highest BCUT2D eigenvalue weighted by atomic mass is 28.3. The van der Waals surface area contributed by atoms with E-state index in [0.717, 1.165) is 5.57 Å². The summed E-state index contributed by atoms with van der Waals surface area (Å²) in [6.07, 6.45) is 5.65. The van der Waals surface area contributed by atoms with E-state index < -0.39 is 8.07 Å². The maximum absolute atomic E-state index is 7.62. The lowest BCUT2D eigenvalue weighted by molar-refractivity contribution is 1.47. The van der Waals surface area contributed by atoms with Crippen LogP contribution >= 0.6 is 0 Å². The number of hydrogen-bond acceptors (Lipinski definition) is 1. The minimum atomic E-state index is -1.61. The third kappa shape index (κ3) is 1.85. The van der Waals surface area contributed by atoms with E-state index in [1.54, 1.807) is 6.08 Å². The zero-order chi connectivity index (χ0) is 10.9. The molecule has 0 amide bonds. The molecule has 1 rings (SSSR count). The van der Waals surface area contributed by atoms with Gasteiger partial charge in [-0.1, -0.05) is 30.9 Å². The Labute approximate surface area is 87.1 Å². The molecule has 0 saturated carbocycles. The van der Waals surface area contributed by atoms with Crippen LogP contribution in [-0.2, 0) is 0 Å². The number of nitrogens with one attached hydrogen (secondary N) is 1. The normalized spacial score (nSPS) is 16.9. The first-order chi connectivity index (χ1) is 6.35. The van der Waals surface area contributed by atoms with E-state index in [0.29, 0.717) is 5.71 Å². The van der Waals surface area contributed by atoms with Crippen LogP contribution in [0.4, 0.5) is 0 Å². The summed E-state index contributed by atoms with van der Waals surface area (Å²) >= 11 is 0. The first kappa shape index (κ1) is 10.9. The molecule has 0 fully saturated rings. The Morgan fingerprint density at radius 2 is 1.93 bits per heavy atom. The molecular weight excluding hydrogens is 186 g/mol. The van der Waals surface area contributed by atoms with Gasteiger partial charge in [-0.05, 0) is 29.8 Å². The Morgan fingerprint density at radius 1 is 1.36 bits per heavy atom. The van der Waals surface area contributed by atoms with Crippen LogP contribution in [0, 0.1) is 5.41 Å². The fourth-order valence-electron chi connectivity index (χ4n) is 1.39. The smallest absolute Gasteiger partial charge is 0.107 e. The molecule has 0 aliphatic heterocycles. The van der Waals surface area contributed by atoms with E-state index in [1.807, 2.05) is 12.2 Å². The molecule has 0 saturated heterocycles. The van der Waals surface area contributed by atoms with Gasteiger partial charge in [-0.25, -0.2) is 0 Å². The monoisotopic (exact) mass is 203 g/mol. The molecule has 0 aromatic carbocycles. The van der Waals surface area contributed by atoms with Crippen LogP contribution < -0.4 is 0 Å². The summed E-state index contributed by atoms with van der Waals surface area (Å²) in [5.74, 6) is 0. The molecule has 2 heteroatoms. The lowest BCUT2D eigenvalue weighted by Crippen LogP contribution is -2.32. The molecule has 1 nitrogen and oxygen atoms in total. The van der Waals surface area contributed by atoms with Gasteiger partial charge in [0.15, 0.2) is 0 Å². The summed E-state index contributed by atoms with van der Waals surface area (Å²) < 4.78 is 0. The van der Waals surface area contributed by atoms with E-state index in [2.05, 4.69) is 33.2 Å². The SMILES string of the molecule is C=C1C=CC(=N)C=C1[Si](C)(C)C(=C)C. The first-order valence-electron chi connectivity index (χ1n) is 4.70. The quantitative estimate of drug-likeness (QED) is 0.665. The summed E-state index contributed by atoms with van der Waals surface area (Å²) in [5, 5.41) is 10.1. The molecule has 0 aromatic heterocycles. The fourth-order valence-corrected chi connectivity index (χ4v) is 3.25. The van der Waals surface area contributed by atoms with Crippen molar-refractivity contribution in [2.24, 2.45) is 0 Å². The fraction of sp³-hybridized carbons (Fsp3) is 0.250. The average Bonchev–Trinajstić information content (AvgIpc) is 2.08. The molecule has 74 valence electrons. The van der Waals surface area contributed by atoms with Gasteiger partial charge in [-0.15, -0.1) is 6.58 Å². The predicted molar refractivity (Wildman–Crippen MR) is 66.4 cm³/mol. The Hall–Kier alpha value is -1.15. The maximum Gasteiger partial charge on any atom is 0.107 e. The molecule has 0 heterocycles. The zero-order valence-corrected chi connectivity index (χ0v) is 10.1. The van der Waals surface area contributed by atoms with Crippen molar-refractivity contribution in [2.45, 2.75) is 20.0 Å². The number of hydrogen-bond donors (Lipinski definition) is 1. The van der Waals surface area contributed by atoms with E-state index in [1.165, 1.54) is 10.4 Å². The average molecular weight is 203 g/mol. The van der Waals surface area contributed by atoms with Crippen LogP contribution in [0.1, 0.15) is 6.92 Å². The number of allylic oxidation sites excluding steroid dienone is 6. The zero-order valence-electron chi connectivity index (χ0n) is 9.15. The van der Waals surface area contributed by atoms with Gasteiger partial charge in [0.2, 0.25) is 0 Å². The third-order valence-electron chi connectivity index (χ3n) is 2.85. The third-order valence-corrected chi connectivity index (χ3v) is 6.80. The van der Waals surface area contributed by atoms with Crippen LogP contribution in [0.25, 0.3) is 0 Å². The van der Waals surface area contributed by atoms with Gasteiger partial charge in [0.25, 0.3) is 0 Å². The first-order valence-corrected chi connectivity index (χ1v) is 7.70. The lowest BCUT2D eigenvalue weighted by Gasteiger charge is -2.28. The Kier molecular flexibility index (Phi) is 2.76. The molecule has 0 unspecified atom stereocenters. The lowest BCUT2D eigenvalue weighted by atomic mass is 10.1. The predicted octanol–water partition coefficient (Wildman–Crippen LogP) is 3.42. The molecule has 0 bridgehead atoms. The highest BCUT2D eigenvalue weighted by Gasteiger charge is 2.29. The Bertz CT molecular complexity index is 370. The summed E-state index contributed by atoms with van der Waals surface area (Å²) in [5.41, 5.74) is 1.61. The van der Waals surface area contributed by atoms with E-state index in [9.17, 15) is 0 Å². The van der Waals surface area contributed by atoms with Crippen molar-refractivity contribution in [1.82, 2.24) is 0 Å². The van der Waals surface area contributed by atoms with Crippen LogP contribution in [-0.4, -0.2) is 13.8 Å². The van der Waals surface area contributed by atoms with Gasteiger partial charge in [-0.2, -0.15) is 0 Å². The highest BCUT2D eigenvalue weighted by Crippen LogP contribution is 2.29. The molecular formula is C12H17NSi. The van der Waals surface area contributed by atoms with Crippen LogP contribution in [0.5, 0.6) is 0 Å². The van der Waals surface area contributed by atoms with Crippen molar-refractivity contribution < 1.29 is 0 Å². The summed E-state index contributed by atoms with van der Waals surface area (Å²) in [6, 6.07) is 0. The van der Waals surface area contributed by atoms with Crippen molar-refractivity contribution in [3.05, 3.63) is 47.4 Å². The van der Waals surface area contributed by atoms with E-state index in [4.69, 9.17) is 5.41 Å². The van der Waals surface area contributed by atoms with Gasteiger partial charge in [0, 0.05) is 0 Å². The standard InChI is InChI=1S/C12H17NSi/c1-9(2)14(4,5)12-8-11(13)7-6-10(12)3/h6-8,13H,1,3H2,2,4-5H3. The molecule has 0 radical (unpaired) electrons. The second kappa shape index (κ2) is 3.54. The second-order valence-corrected chi connectivity index (χ2v) is 8.92. The van der Waals surface area contributed by atoms with Crippen LogP contribution in [0.2, 0.25) is 13.1 Å². The Balaban J connectivity index is 3.15. The second-order valence-electron chi connectivity index (χ2n) is 4.28. The Morgan fingerprint density at radius 3 is 2.43 bits per heavy atom. The van der Waals surface area contributed by atoms with Gasteiger partial charge in [0.1, 0.15) is 8.07 Å². The molecule has 0 aromatic rings. The number of rotatable bonds is 2. The summed E-state index contributed by atoms with van der Waals surface area (Å²) in [6.45, 7) is 14.6. The largest absolute Gasteiger partial charge is 0.301 e. The molecule has 0 spiro atoms. The minimum Gasteiger partial charge on any atom is -0.301 e. The van der Waals surface area contributed by atoms with Crippen molar-refractivity contribution in [3.8, 4) is 0 Å². The molecule has 1 N–H and O–H groups in total. The molecule has 1 aliphatic rings. The minimum absolute atomic E-state index is 0.564. The van der Waals surface area contributed by atoms with E-state index >= 15 is 0 Å². The van der Waals surface area contributed by atoms with Crippen LogP contribution in [0.3, 0.4) is 0 Å². The van der Waals surface area contributed by atoms with Gasteiger partial charge in [-0.3, -0.25) is 0 Å². The maximum atomic E-state index is 7.62. The van der Waals surface area contributed by atoms with Gasteiger partial charge < -0.3 is 5.41 Å². The molecule has 0 atom stereocenters. The van der Waals surface area contributed by atoms with Crippen molar-refractivity contribution in [2.75, 3.05) is 0 Å². The van der Waals surface area contributed by atoms with Crippen molar-refractivity contribution in [3.63, 3.8) is 0 Å². The molecule has 1 aliphatic carbocycles. The van der Waals surface area contributed by atoms with Crippen molar-refractivity contribution in [1.29, 1.82) is 5.41 Å². The van der Waals surface area contributed by atoms with Gasteiger partial charge in [0.05, 0.1) is 5.71 Å². The van der Waals surface area contributed by atoms with Crippen molar-refractivity contribution >= 4 is 13.8 Å². The topological polar surface area (TPSA) is 23.9 Å². The summed E-state index contributed by atoms with van der Waals surface area (Å²) in [4.78, 5) is 0. The molecule has 14 heavy (non-hydrogen) atoms. The van der Waals surface area contributed by atoms with E-state index in [-0.39, 0.29) is 0 Å². The summed E-state index contributed by atoms with van der Waals surface area (Å²) in [7, 11) is -1.61. The highest BCUT2D eigenvalue weighted by molar-refractivity contribution is 6.91. The van der Waals surface area contributed by atoms with Gasteiger partial charge >= 0.3 is 0 Å².